The molecule has 0 aromatic heterocycles. The second kappa shape index (κ2) is 7.43. The molecule has 3 heterocycles. The van der Waals surface area contributed by atoms with Gasteiger partial charge in [0.25, 0.3) is 0 Å². The smallest absolute Gasteiger partial charge is 0.0195 e. The summed E-state index contributed by atoms with van der Waals surface area (Å²) in [5.41, 5.74) is 0. The molecular weight excluding hydrogens is 258 g/mol. The van der Waals surface area contributed by atoms with Gasteiger partial charge < -0.3 is 5.32 Å². The lowest BCUT2D eigenvalue weighted by Gasteiger charge is -2.50. The molecule has 0 aliphatic carbocycles. The summed E-state index contributed by atoms with van der Waals surface area (Å²) >= 11 is 0. The van der Waals surface area contributed by atoms with Gasteiger partial charge in [0.15, 0.2) is 0 Å². The standard InChI is InChI=1S/C18H35N3/c1-3-9-19-16-12-17-7-6-8-18(13-16)21(17)14-15(2)20-10-4-5-11-20/h15-19H,3-14H2,1-2H3. The normalized spacial score (nSPS) is 36.0. The summed E-state index contributed by atoms with van der Waals surface area (Å²) in [5, 5.41) is 3.79. The Labute approximate surface area is 131 Å². The van der Waals surface area contributed by atoms with Crippen molar-refractivity contribution >= 4 is 0 Å². The van der Waals surface area contributed by atoms with Gasteiger partial charge >= 0.3 is 0 Å². The Morgan fingerprint density at radius 3 is 2.33 bits per heavy atom. The number of nitrogens with one attached hydrogen (secondary N) is 1. The number of rotatable bonds is 6. The van der Waals surface area contributed by atoms with Gasteiger partial charge in [0, 0.05) is 30.7 Å². The van der Waals surface area contributed by atoms with E-state index in [0.29, 0.717) is 0 Å². The van der Waals surface area contributed by atoms with Crippen molar-refractivity contribution in [1.82, 2.24) is 15.1 Å². The Hall–Kier alpha value is -0.120. The minimum Gasteiger partial charge on any atom is -0.314 e. The number of piperidine rings is 2. The zero-order valence-electron chi connectivity index (χ0n) is 14.2. The number of hydrogen-bond donors (Lipinski definition) is 1. The third-order valence-corrected chi connectivity index (χ3v) is 6.05. The first kappa shape index (κ1) is 15.8. The molecule has 3 saturated heterocycles. The van der Waals surface area contributed by atoms with E-state index in [1.807, 2.05) is 0 Å². The van der Waals surface area contributed by atoms with Crippen molar-refractivity contribution in [2.24, 2.45) is 0 Å². The van der Waals surface area contributed by atoms with Crippen LogP contribution in [0.15, 0.2) is 0 Å². The van der Waals surface area contributed by atoms with Crippen LogP contribution in [0.4, 0.5) is 0 Å². The third kappa shape index (κ3) is 3.80. The second-order valence-electron chi connectivity index (χ2n) is 7.65. The highest BCUT2D eigenvalue weighted by molar-refractivity contribution is 4.96. The Morgan fingerprint density at radius 1 is 1.05 bits per heavy atom. The van der Waals surface area contributed by atoms with Crippen LogP contribution in [0.25, 0.3) is 0 Å². The summed E-state index contributed by atoms with van der Waals surface area (Å²) in [4.78, 5) is 5.62. The molecular formula is C18H35N3. The first-order valence-electron chi connectivity index (χ1n) is 9.51. The van der Waals surface area contributed by atoms with Gasteiger partial charge in [0.2, 0.25) is 0 Å². The fraction of sp³-hybridized carbons (Fsp3) is 1.00. The number of fused-ring (bicyclic) bond motifs is 2. The van der Waals surface area contributed by atoms with E-state index >= 15 is 0 Å². The summed E-state index contributed by atoms with van der Waals surface area (Å²) in [5.74, 6) is 0. The van der Waals surface area contributed by atoms with Crippen molar-refractivity contribution in [3.05, 3.63) is 0 Å². The molecule has 3 nitrogen and oxygen atoms in total. The van der Waals surface area contributed by atoms with Crippen LogP contribution in [0, 0.1) is 0 Å². The van der Waals surface area contributed by atoms with E-state index in [1.54, 1.807) is 0 Å². The largest absolute Gasteiger partial charge is 0.314 e. The van der Waals surface area contributed by atoms with E-state index in [2.05, 4.69) is 29.0 Å². The monoisotopic (exact) mass is 293 g/mol. The molecule has 0 radical (unpaired) electrons. The molecule has 3 rings (SSSR count). The highest BCUT2D eigenvalue weighted by atomic mass is 15.3. The molecule has 3 aliphatic heterocycles. The lowest BCUT2D eigenvalue weighted by molar-refractivity contribution is 0.00661. The first-order valence-corrected chi connectivity index (χ1v) is 9.51. The molecule has 3 aliphatic rings. The van der Waals surface area contributed by atoms with Crippen molar-refractivity contribution in [3.63, 3.8) is 0 Å². The zero-order chi connectivity index (χ0) is 14.7. The van der Waals surface area contributed by atoms with E-state index in [1.165, 1.54) is 77.5 Å². The fourth-order valence-electron chi connectivity index (χ4n) is 4.89. The minimum atomic E-state index is 0.760. The number of hydrogen-bond acceptors (Lipinski definition) is 3. The molecule has 0 amide bonds. The van der Waals surface area contributed by atoms with Crippen molar-refractivity contribution in [1.29, 1.82) is 0 Å². The lowest BCUT2D eigenvalue weighted by atomic mass is 9.81. The molecule has 0 aromatic carbocycles. The van der Waals surface area contributed by atoms with Gasteiger partial charge in [-0.15, -0.1) is 0 Å². The highest BCUT2D eigenvalue weighted by Gasteiger charge is 2.38. The molecule has 122 valence electrons. The van der Waals surface area contributed by atoms with Crippen LogP contribution in [-0.2, 0) is 0 Å². The predicted molar refractivity (Wildman–Crippen MR) is 89.7 cm³/mol. The van der Waals surface area contributed by atoms with Crippen LogP contribution in [0.3, 0.4) is 0 Å². The Bertz CT molecular complexity index is 300. The molecule has 3 heteroatoms. The Balaban J connectivity index is 1.55. The molecule has 1 N–H and O–H groups in total. The van der Waals surface area contributed by atoms with E-state index < -0.39 is 0 Å². The predicted octanol–water partition coefficient (Wildman–Crippen LogP) is 2.86. The van der Waals surface area contributed by atoms with E-state index in [4.69, 9.17) is 0 Å². The molecule has 3 fully saturated rings. The Morgan fingerprint density at radius 2 is 1.71 bits per heavy atom. The maximum absolute atomic E-state index is 3.79. The molecule has 0 aromatic rings. The van der Waals surface area contributed by atoms with E-state index in [-0.39, 0.29) is 0 Å². The van der Waals surface area contributed by atoms with Crippen LogP contribution in [0.2, 0.25) is 0 Å². The summed E-state index contributed by atoms with van der Waals surface area (Å²) in [6, 6.07) is 3.27. The van der Waals surface area contributed by atoms with Gasteiger partial charge in [0.05, 0.1) is 0 Å². The van der Waals surface area contributed by atoms with Crippen LogP contribution in [-0.4, -0.2) is 60.1 Å². The van der Waals surface area contributed by atoms with Crippen molar-refractivity contribution in [2.75, 3.05) is 26.2 Å². The molecule has 3 atom stereocenters. The van der Waals surface area contributed by atoms with Gasteiger partial charge in [-0.25, -0.2) is 0 Å². The summed E-state index contributed by atoms with van der Waals surface area (Å²) in [7, 11) is 0. The van der Waals surface area contributed by atoms with E-state index in [0.717, 1.165) is 24.2 Å². The van der Waals surface area contributed by atoms with E-state index in [9.17, 15) is 0 Å². The molecule has 3 unspecified atom stereocenters. The van der Waals surface area contributed by atoms with Crippen LogP contribution < -0.4 is 5.32 Å². The fourth-order valence-corrected chi connectivity index (χ4v) is 4.89. The van der Waals surface area contributed by atoms with Gasteiger partial charge in [-0.1, -0.05) is 13.3 Å². The minimum absolute atomic E-state index is 0.760. The van der Waals surface area contributed by atoms with Gasteiger partial charge in [-0.3, -0.25) is 9.80 Å². The summed E-state index contributed by atoms with van der Waals surface area (Å²) in [6.07, 6.45) is 11.2. The molecule has 2 bridgehead atoms. The maximum atomic E-state index is 3.79. The van der Waals surface area contributed by atoms with Crippen LogP contribution >= 0.6 is 0 Å². The van der Waals surface area contributed by atoms with Gasteiger partial charge in [-0.05, 0) is 71.5 Å². The Kier molecular flexibility index (Phi) is 5.58. The second-order valence-corrected chi connectivity index (χ2v) is 7.65. The molecule has 0 saturated carbocycles. The number of nitrogens with zero attached hydrogens (tertiary/aromatic N) is 2. The van der Waals surface area contributed by atoms with Crippen molar-refractivity contribution < 1.29 is 0 Å². The lowest BCUT2D eigenvalue weighted by Crippen LogP contribution is -2.58. The average Bonchev–Trinajstić information content (AvgIpc) is 2.99. The number of likely N-dealkylation sites (tertiary alicyclic amines) is 1. The SMILES string of the molecule is CCCNC1CC2CCCC(C1)N2CC(C)N1CCCC1. The first-order chi connectivity index (χ1) is 10.3. The van der Waals surface area contributed by atoms with Crippen LogP contribution in [0.5, 0.6) is 0 Å². The summed E-state index contributed by atoms with van der Waals surface area (Å²) < 4.78 is 0. The quantitative estimate of drug-likeness (QED) is 0.812. The molecule has 21 heavy (non-hydrogen) atoms. The average molecular weight is 293 g/mol. The summed E-state index contributed by atoms with van der Waals surface area (Å²) in [6.45, 7) is 9.93. The van der Waals surface area contributed by atoms with Crippen molar-refractivity contribution in [3.8, 4) is 0 Å². The maximum Gasteiger partial charge on any atom is 0.0195 e. The van der Waals surface area contributed by atoms with Gasteiger partial charge in [-0.2, -0.15) is 0 Å². The zero-order valence-corrected chi connectivity index (χ0v) is 14.2. The molecule has 0 spiro atoms. The van der Waals surface area contributed by atoms with Crippen molar-refractivity contribution in [2.45, 2.75) is 89.4 Å². The van der Waals surface area contributed by atoms with Crippen LogP contribution in [0.1, 0.15) is 65.2 Å². The third-order valence-electron chi connectivity index (χ3n) is 6.05. The van der Waals surface area contributed by atoms with Gasteiger partial charge in [0.1, 0.15) is 0 Å². The topological polar surface area (TPSA) is 18.5 Å². The highest BCUT2D eigenvalue weighted by Crippen LogP contribution is 2.34.